The number of benzene rings is 1. The molecule has 0 aromatic heterocycles. The Hall–Kier alpha value is -1.56. The van der Waals surface area contributed by atoms with Crippen LogP contribution in [0.5, 0.6) is 0 Å². The fourth-order valence-corrected chi connectivity index (χ4v) is 2.15. The lowest BCUT2D eigenvalue weighted by Crippen LogP contribution is -2.32. The van der Waals surface area contributed by atoms with E-state index in [1.807, 2.05) is 0 Å². The standard InChI is InChI=1S/C13H14F3NO2/c1-17(11-4-5-19-8-11)10-3-2-9(7-18)12(6-10)13(14,15)16/h2-3,6-7,11H,4-5,8H2,1H3. The van der Waals surface area contributed by atoms with Crippen molar-refractivity contribution < 1.29 is 22.7 Å². The van der Waals surface area contributed by atoms with Crippen molar-refractivity contribution in [3.8, 4) is 0 Å². The molecule has 0 saturated carbocycles. The highest BCUT2D eigenvalue weighted by atomic mass is 19.4. The van der Waals surface area contributed by atoms with Crippen molar-refractivity contribution in [1.29, 1.82) is 0 Å². The Labute approximate surface area is 109 Å². The summed E-state index contributed by atoms with van der Waals surface area (Å²) in [6.45, 7) is 1.13. The first-order valence-electron chi connectivity index (χ1n) is 5.90. The number of nitrogens with zero attached hydrogens (tertiary/aromatic N) is 1. The molecule has 19 heavy (non-hydrogen) atoms. The molecule has 1 fully saturated rings. The number of hydrogen-bond acceptors (Lipinski definition) is 3. The highest BCUT2D eigenvalue weighted by molar-refractivity contribution is 5.79. The van der Waals surface area contributed by atoms with Gasteiger partial charge in [0.2, 0.25) is 0 Å². The predicted molar refractivity (Wildman–Crippen MR) is 64.5 cm³/mol. The Kier molecular flexibility index (Phi) is 3.80. The maximum absolute atomic E-state index is 12.9. The van der Waals surface area contributed by atoms with E-state index in [1.165, 1.54) is 12.1 Å². The summed E-state index contributed by atoms with van der Waals surface area (Å²) < 4.78 is 43.8. The Morgan fingerprint density at radius 1 is 1.42 bits per heavy atom. The summed E-state index contributed by atoms with van der Waals surface area (Å²) in [5, 5.41) is 0. The van der Waals surface area contributed by atoms with E-state index in [0.29, 0.717) is 18.9 Å². The summed E-state index contributed by atoms with van der Waals surface area (Å²) >= 11 is 0. The van der Waals surface area contributed by atoms with E-state index in [2.05, 4.69) is 0 Å². The third kappa shape index (κ3) is 2.89. The largest absolute Gasteiger partial charge is 0.417 e. The molecule has 1 aromatic rings. The lowest BCUT2D eigenvalue weighted by atomic mass is 10.1. The van der Waals surface area contributed by atoms with Gasteiger partial charge in [-0.25, -0.2) is 0 Å². The molecule has 0 N–H and O–H groups in total. The Bertz CT molecular complexity index is 467. The molecule has 0 bridgehead atoms. The van der Waals surface area contributed by atoms with Crippen molar-refractivity contribution in [1.82, 2.24) is 0 Å². The molecule has 104 valence electrons. The molecule has 1 atom stereocenters. The van der Waals surface area contributed by atoms with Crippen molar-refractivity contribution >= 4 is 12.0 Å². The Morgan fingerprint density at radius 3 is 2.68 bits per heavy atom. The fraction of sp³-hybridized carbons (Fsp3) is 0.462. The number of carbonyl (C=O) groups is 1. The van der Waals surface area contributed by atoms with Crippen LogP contribution in [0.1, 0.15) is 22.3 Å². The van der Waals surface area contributed by atoms with Gasteiger partial charge in [0.05, 0.1) is 18.2 Å². The molecule has 1 unspecified atom stereocenters. The molecule has 1 aromatic carbocycles. The van der Waals surface area contributed by atoms with Crippen LogP contribution in [-0.2, 0) is 10.9 Å². The van der Waals surface area contributed by atoms with Gasteiger partial charge in [-0.1, -0.05) is 0 Å². The molecule has 6 heteroatoms. The van der Waals surface area contributed by atoms with Gasteiger partial charge in [-0.3, -0.25) is 4.79 Å². The SMILES string of the molecule is CN(c1ccc(C=O)c(C(F)(F)F)c1)C1CCOC1. The molecule has 3 nitrogen and oxygen atoms in total. The highest BCUT2D eigenvalue weighted by Gasteiger charge is 2.34. The average Bonchev–Trinajstić information content (AvgIpc) is 2.90. The zero-order valence-electron chi connectivity index (χ0n) is 10.4. The molecule has 0 aliphatic carbocycles. The second kappa shape index (κ2) is 5.21. The third-order valence-electron chi connectivity index (χ3n) is 3.33. The number of ether oxygens (including phenoxy) is 1. The fourth-order valence-electron chi connectivity index (χ4n) is 2.15. The quantitative estimate of drug-likeness (QED) is 0.793. The summed E-state index contributed by atoms with van der Waals surface area (Å²) in [6.07, 6.45) is -3.52. The van der Waals surface area contributed by atoms with Crippen LogP contribution < -0.4 is 4.90 Å². The van der Waals surface area contributed by atoms with Gasteiger partial charge < -0.3 is 9.64 Å². The van der Waals surface area contributed by atoms with E-state index in [0.717, 1.165) is 12.5 Å². The number of halogens is 3. The van der Waals surface area contributed by atoms with Crippen LogP contribution >= 0.6 is 0 Å². The van der Waals surface area contributed by atoms with Crippen LogP contribution in [-0.4, -0.2) is 32.6 Å². The maximum Gasteiger partial charge on any atom is 0.417 e. The van der Waals surface area contributed by atoms with Crippen molar-refractivity contribution in [2.45, 2.75) is 18.6 Å². The second-order valence-corrected chi connectivity index (χ2v) is 4.52. The van der Waals surface area contributed by atoms with Crippen molar-refractivity contribution in [2.24, 2.45) is 0 Å². The molecule has 1 aliphatic rings. The average molecular weight is 273 g/mol. The van der Waals surface area contributed by atoms with Crippen molar-refractivity contribution in [3.05, 3.63) is 29.3 Å². The Morgan fingerprint density at radius 2 is 2.16 bits per heavy atom. The summed E-state index contributed by atoms with van der Waals surface area (Å²) in [5.74, 6) is 0. The molecular formula is C13H14F3NO2. The van der Waals surface area contributed by atoms with Crippen LogP contribution in [0.25, 0.3) is 0 Å². The van der Waals surface area contributed by atoms with E-state index in [-0.39, 0.29) is 17.9 Å². The van der Waals surface area contributed by atoms with E-state index < -0.39 is 11.7 Å². The van der Waals surface area contributed by atoms with Gasteiger partial charge >= 0.3 is 6.18 Å². The predicted octanol–water partition coefficient (Wildman–Crippen LogP) is 2.74. The minimum absolute atomic E-state index is 0.0724. The minimum Gasteiger partial charge on any atom is -0.379 e. The Balaban J connectivity index is 2.34. The summed E-state index contributed by atoms with van der Waals surface area (Å²) in [7, 11) is 1.73. The molecular weight excluding hydrogens is 259 g/mol. The molecule has 2 rings (SSSR count). The summed E-state index contributed by atoms with van der Waals surface area (Å²) in [4.78, 5) is 12.4. The zero-order chi connectivity index (χ0) is 14.0. The normalized spacial score (nSPS) is 19.5. The number of anilines is 1. The van der Waals surface area contributed by atoms with E-state index in [9.17, 15) is 18.0 Å². The summed E-state index contributed by atoms with van der Waals surface area (Å²) in [6, 6.07) is 3.82. The van der Waals surface area contributed by atoms with Gasteiger partial charge in [0.25, 0.3) is 0 Å². The topological polar surface area (TPSA) is 29.5 Å². The molecule has 0 spiro atoms. The molecule has 1 saturated heterocycles. The van der Waals surface area contributed by atoms with Gasteiger partial charge in [0, 0.05) is 24.9 Å². The van der Waals surface area contributed by atoms with Crippen LogP contribution in [0.15, 0.2) is 18.2 Å². The minimum atomic E-state index is -4.53. The molecule has 1 heterocycles. The van der Waals surface area contributed by atoms with Crippen LogP contribution in [0.4, 0.5) is 18.9 Å². The number of carbonyl (C=O) groups excluding carboxylic acids is 1. The van der Waals surface area contributed by atoms with Crippen LogP contribution in [0.3, 0.4) is 0 Å². The van der Waals surface area contributed by atoms with Crippen molar-refractivity contribution in [3.63, 3.8) is 0 Å². The first kappa shape index (κ1) is 13.9. The number of hydrogen-bond donors (Lipinski definition) is 0. The number of likely N-dealkylation sites (N-methyl/N-ethyl adjacent to an activating group) is 1. The monoisotopic (exact) mass is 273 g/mol. The zero-order valence-corrected chi connectivity index (χ0v) is 10.4. The number of alkyl halides is 3. The molecule has 0 radical (unpaired) electrons. The molecule has 1 aliphatic heterocycles. The molecule has 0 amide bonds. The van der Waals surface area contributed by atoms with E-state index in [4.69, 9.17) is 4.74 Å². The number of aldehydes is 1. The second-order valence-electron chi connectivity index (χ2n) is 4.52. The van der Waals surface area contributed by atoms with E-state index in [1.54, 1.807) is 11.9 Å². The van der Waals surface area contributed by atoms with Gasteiger partial charge in [0.1, 0.15) is 0 Å². The number of rotatable bonds is 3. The van der Waals surface area contributed by atoms with Gasteiger partial charge in [-0.15, -0.1) is 0 Å². The van der Waals surface area contributed by atoms with Gasteiger partial charge in [-0.2, -0.15) is 13.2 Å². The van der Waals surface area contributed by atoms with Crippen LogP contribution in [0.2, 0.25) is 0 Å². The summed E-state index contributed by atoms with van der Waals surface area (Å²) in [5.41, 5.74) is -0.800. The third-order valence-corrected chi connectivity index (χ3v) is 3.33. The van der Waals surface area contributed by atoms with Crippen LogP contribution in [0, 0.1) is 0 Å². The smallest absolute Gasteiger partial charge is 0.379 e. The lowest BCUT2D eigenvalue weighted by molar-refractivity contribution is -0.137. The van der Waals surface area contributed by atoms with Gasteiger partial charge in [0.15, 0.2) is 6.29 Å². The van der Waals surface area contributed by atoms with Gasteiger partial charge in [-0.05, 0) is 24.6 Å². The highest BCUT2D eigenvalue weighted by Crippen LogP contribution is 2.34. The maximum atomic E-state index is 12.9. The first-order valence-corrected chi connectivity index (χ1v) is 5.90. The van der Waals surface area contributed by atoms with Crippen molar-refractivity contribution in [2.75, 3.05) is 25.2 Å². The first-order chi connectivity index (χ1) is 8.93. The lowest BCUT2D eigenvalue weighted by Gasteiger charge is -2.26. The van der Waals surface area contributed by atoms with E-state index >= 15 is 0 Å².